The summed E-state index contributed by atoms with van der Waals surface area (Å²) in [7, 11) is 1.67. The van der Waals surface area contributed by atoms with E-state index in [1.165, 1.54) is 5.56 Å². The molecule has 0 amide bonds. The highest BCUT2D eigenvalue weighted by molar-refractivity contribution is 5.80. The first-order chi connectivity index (χ1) is 11.3. The Kier molecular flexibility index (Phi) is 7.05. The molecule has 120 valence electrons. The summed E-state index contributed by atoms with van der Waals surface area (Å²) < 4.78 is 5.13. The Hall–Kier alpha value is -2.42. The van der Waals surface area contributed by atoms with E-state index < -0.39 is 0 Å². The molecule has 0 spiro atoms. The fourth-order valence-electron chi connectivity index (χ4n) is 2.12. The lowest BCUT2D eigenvalue weighted by molar-refractivity contribution is 0.415. The predicted octanol–water partition coefficient (Wildman–Crippen LogP) is 4.19. The third-order valence-corrected chi connectivity index (χ3v) is 3.56. The number of methoxy groups -OCH3 is 1. The summed E-state index contributed by atoms with van der Waals surface area (Å²) in [5.41, 5.74) is 3.60. The van der Waals surface area contributed by atoms with Gasteiger partial charge in [0, 0.05) is 25.5 Å². The van der Waals surface area contributed by atoms with E-state index >= 15 is 0 Å². The van der Waals surface area contributed by atoms with Crippen LogP contribution in [0.15, 0.2) is 58.5 Å². The van der Waals surface area contributed by atoms with Crippen LogP contribution in [0.3, 0.4) is 0 Å². The van der Waals surface area contributed by atoms with Gasteiger partial charge in [0.15, 0.2) is 0 Å². The molecule has 0 unspecified atom stereocenters. The van der Waals surface area contributed by atoms with Crippen LogP contribution in [0.2, 0.25) is 0 Å². The molecule has 0 saturated carbocycles. The minimum absolute atomic E-state index is 0.790. The third-order valence-electron chi connectivity index (χ3n) is 3.56. The van der Waals surface area contributed by atoms with E-state index in [1.807, 2.05) is 36.7 Å². The number of nitrogens with zero attached hydrogens (tertiary/aromatic N) is 2. The number of hydrogen-bond donors (Lipinski definition) is 0. The van der Waals surface area contributed by atoms with E-state index in [-0.39, 0.29) is 0 Å². The molecule has 3 heteroatoms. The highest BCUT2D eigenvalue weighted by atomic mass is 16.5. The van der Waals surface area contributed by atoms with Crippen LogP contribution in [0.25, 0.3) is 0 Å². The zero-order valence-corrected chi connectivity index (χ0v) is 13.9. The van der Waals surface area contributed by atoms with Crippen molar-refractivity contribution in [3.63, 3.8) is 0 Å². The first-order valence-corrected chi connectivity index (χ1v) is 8.04. The van der Waals surface area contributed by atoms with Crippen LogP contribution in [0.1, 0.15) is 30.0 Å². The van der Waals surface area contributed by atoms with Crippen molar-refractivity contribution >= 4 is 12.4 Å². The van der Waals surface area contributed by atoms with E-state index in [4.69, 9.17) is 4.74 Å². The van der Waals surface area contributed by atoms with Gasteiger partial charge in [0.2, 0.25) is 0 Å². The Bertz CT molecular complexity index is 570. The molecule has 23 heavy (non-hydrogen) atoms. The molecular formula is C20H24N2O. The normalized spacial score (nSPS) is 11.4. The summed E-state index contributed by atoms with van der Waals surface area (Å²) in [6.07, 6.45) is 5.86. The molecule has 3 nitrogen and oxygen atoms in total. The van der Waals surface area contributed by atoms with Crippen LogP contribution in [0.4, 0.5) is 0 Å². The molecule has 0 atom stereocenters. The second-order valence-corrected chi connectivity index (χ2v) is 5.29. The molecule has 0 aliphatic heterocycles. The predicted molar refractivity (Wildman–Crippen MR) is 98.4 cm³/mol. The highest BCUT2D eigenvalue weighted by Gasteiger charge is 1.91. The lowest BCUT2D eigenvalue weighted by Gasteiger charge is -1.99. The topological polar surface area (TPSA) is 34.0 Å². The minimum atomic E-state index is 0.790. The first-order valence-electron chi connectivity index (χ1n) is 8.04. The lowest BCUT2D eigenvalue weighted by atomic mass is 10.1. The van der Waals surface area contributed by atoms with Gasteiger partial charge in [-0.15, -0.1) is 0 Å². The molecule has 2 rings (SSSR count). The van der Waals surface area contributed by atoms with Crippen molar-refractivity contribution in [3.05, 3.63) is 65.2 Å². The summed E-state index contributed by atoms with van der Waals surface area (Å²) in [4.78, 5) is 8.87. The number of benzene rings is 2. The van der Waals surface area contributed by atoms with E-state index in [2.05, 4.69) is 41.2 Å². The molecule has 2 aromatic carbocycles. The number of aliphatic imine (C=N–C) groups is 2. The number of hydrogen-bond acceptors (Lipinski definition) is 3. The molecular weight excluding hydrogens is 284 g/mol. The fourth-order valence-corrected chi connectivity index (χ4v) is 2.12. The largest absolute Gasteiger partial charge is 0.497 e. The first kappa shape index (κ1) is 16.9. The van der Waals surface area contributed by atoms with Crippen molar-refractivity contribution in [2.75, 3.05) is 20.2 Å². The molecule has 0 saturated heterocycles. The van der Waals surface area contributed by atoms with Crippen molar-refractivity contribution in [2.24, 2.45) is 9.98 Å². The van der Waals surface area contributed by atoms with E-state index in [9.17, 15) is 0 Å². The summed E-state index contributed by atoms with van der Waals surface area (Å²) in [6.45, 7) is 3.75. The van der Waals surface area contributed by atoms with Crippen molar-refractivity contribution < 1.29 is 4.74 Å². The van der Waals surface area contributed by atoms with Gasteiger partial charge < -0.3 is 4.74 Å². The Balaban J connectivity index is 1.68. The van der Waals surface area contributed by atoms with Gasteiger partial charge in [-0.05, 0) is 53.8 Å². The molecule has 0 bridgehead atoms. The Morgan fingerprint density at radius 1 is 0.826 bits per heavy atom. The van der Waals surface area contributed by atoms with Gasteiger partial charge in [-0.2, -0.15) is 0 Å². The van der Waals surface area contributed by atoms with Crippen LogP contribution < -0.4 is 4.74 Å². The van der Waals surface area contributed by atoms with Crippen LogP contribution in [0, 0.1) is 0 Å². The van der Waals surface area contributed by atoms with Crippen molar-refractivity contribution in [1.82, 2.24) is 0 Å². The Morgan fingerprint density at radius 3 is 1.83 bits per heavy atom. The Morgan fingerprint density at radius 2 is 1.35 bits per heavy atom. The zero-order chi connectivity index (χ0) is 16.3. The summed E-state index contributed by atoms with van der Waals surface area (Å²) in [6, 6.07) is 16.4. The van der Waals surface area contributed by atoms with E-state index in [0.717, 1.165) is 42.8 Å². The third kappa shape index (κ3) is 6.07. The van der Waals surface area contributed by atoms with Crippen LogP contribution >= 0.6 is 0 Å². The van der Waals surface area contributed by atoms with Gasteiger partial charge in [-0.1, -0.05) is 31.2 Å². The molecule has 0 aliphatic carbocycles. The quantitative estimate of drug-likeness (QED) is 0.532. The number of ether oxygens (including phenoxy) is 1. The smallest absolute Gasteiger partial charge is 0.118 e. The molecule has 0 aromatic heterocycles. The van der Waals surface area contributed by atoms with Gasteiger partial charge >= 0.3 is 0 Å². The van der Waals surface area contributed by atoms with Gasteiger partial charge in [0.1, 0.15) is 5.75 Å². The zero-order valence-electron chi connectivity index (χ0n) is 13.9. The van der Waals surface area contributed by atoms with Crippen LogP contribution in [-0.4, -0.2) is 32.6 Å². The van der Waals surface area contributed by atoms with Gasteiger partial charge in [-0.3, -0.25) is 9.98 Å². The molecule has 0 heterocycles. The van der Waals surface area contributed by atoms with Crippen LogP contribution in [-0.2, 0) is 6.42 Å². The van der Waals surface area contributed by atoms with Gasteiger partial charge in [-0.25, -0.2) is 0 Å². The highest BCUT2D eigenvalue weighted by Crippen LogP contribution is 2.09. The average molecular weight is 308 g/mol. The summed E-state index contributed by atoms with van der Waals surface area (Å²) >= 11 is 0. The molecule has 0 fully saturated rings. The van der Waals surface area contributed by atoms with Crippen LogP contribution in [0.5, 0.6) is 5.75 Å². The monoisotopic (exact) mass is 308 g/mol. The SMILES string of the molecule is CCc1ccc(/C=N/CCC/N=C/c2ccc(OC)cc2)cc1. The number of rotatable bonds is 8. The minimum Gasteiger partial charge on any atom is -0.497 e. The number of aryl methyl sites for hydroxylation is 1. The van der Waals surface area contributed by atoms with E-state index in [0.29, 0.717) is 0 Å². The van der Waals surface area contributed by atoms with Crippen molar-refractivity contribution in [3.8, 4) is 5.75 Å². The molecule has 0 N–H and O–H groups in total. The van der Waals surface area contributed by atoms with Gasteiger partial charge in [0.05, 0.1) is 7.11 Å². The average Bonchev–Trinajstić information content (AvgIpc) is 2.62. The van der Waals surface area contributed by atoms with Crippen molar-refractivity contribution in [2.45, 2.75) is 19.8 Å². The maximum absolute atomic E-state index is 5.13. The fraction of sp³-hybridized carbons (Fsp3) is 0.300. The maximum atomic E-state index is 5.13. The molecule has 0 aliphatic rings. The maximum Gasteiger partial charge on any atom is 0.118 e. The standard InChI is InChI=1S/C20H24N2O/c1-3-17-5-7-18(8-6-17)15-21-13-4-14-22-16-19-9-11-20(23-2)12-10-19/h5-12,15-16H,3-4,13-14H2,1-2H3/b21-15+,22-16+. The molecule has 2 aromatic rings. The second kappa shape index (κ2) is 9.57. The summed E-state index contributed by atoms with van der Waals surface area (Å²) in [5, 5.41) is 0. The summed E-state index contributed by atoms with van der Waals surface area (Å²) in [5.74, 6) is 0.864. The second-order valence-electron chi connectivity index (χ2n) is 5.29. The van der Waals surface area contributed by atoms with Crippen molar-refractivity contribution in [1.29, 1.82) is 0 Å². The van der Waals surface area contributed by atoms with Gasteiger partial charge in [0.25, 0.3) is 0 Å². The molecule has 0 radical (unpaired) electrons. The Labute approximate surface area is 138 Å². The van der Waals surface area contributed by atoms with E-state index in [1.54, 1.807) is 7.11 Å². The lowest BCUT2D eigenvalue weighted by Crippen LogP contribution is -1.90.